The van der Waals surface area contributed by atoms with Crippen LogP contribution in [0.4, 0.5) is 0 Å². The standard InChI is InChI=1S/C50H66N4/c1-10-13-27-49(8)32-54(33-49)31-41(17-11-2)51-29-40-18-14-22-47-45(40)21-16-23-46(47)42-19-15-20-43(37(42)6)48-25-24-44(38(7)52-48)39(12-3)30-53-34-50(9,35-53)28-26-36(4)5/h10,12,15-16,19-21,23-25,29H,1,4,11,13-14,17-18,22,26-28,30-35H2,2-3,5-9H3/b39-12-,40-29+,51-41+. The molecule has 2 aromatic carbocycles. The molecule has 0 amide bonds. The minimum atomic E-state index is 0.405. The van der Waals surface area contributed by atoms with Gasteiger partial charge in [0.25, 0.3) is 0 Å². The molecule has 0 bridgehead atoms. The first kappa shape index (κ1) is 39.8. The highest BCUT2D eigenvalue weighted by Crippen LogP contribution is 2.41. The fraction of sp³-hybridized carbons (Fsp3) is 0.480. The quantitative estimate of drug-likeness (QED) is 0.109. The van der Waals surface area contributed by atoms with Gasteiger partial charge in [0.2, 0.25) is 0 Å². The zero-order chi connectivity index (χ0) is 38.5. The van der Waals surface area contributed by atoms with E-state index in [1.54, 1.807) is 0 Å². The highest BCUT2D eigenvalue weighted by molar-refractivity contribution is 5.88. The van der Waals surface area contributed by atoms with Crippen LogP contribution in [0, 0.1) is 24.7 Å². The first-order valence-electron chi connectivity index (χ1n) is 20.7. The Kier molecular flexibility index (Phi) is 12.8. The first-order chi connectivity index (χ1) is 25.9. The number of aryl methyl sites for hydroxylation is 1. The van der Waals surface area contributed by atoms with Gasteiger partial charge in [0.15, 0.2) is 0 Å². The summed E-state index contributed by atoms with van der Waals surface area (Å²) in [6.07, 6.45) is 16.8. The van der Waals surface area contributed by atoms with E-state index >= 15 is 0 Å². The van der Waals surface area contributed by atoms with E-state index in [0.717, 1.165) is 95.6 Å². The van der Waals surface area contributed by atoms with Crippen LogP contribution in [0.5, 0.6) is 0 Å². The summed E-state index contributed by atoms with van der Waals surface area (Å²) in [6, 6.07) is 18.2. The highest BCUT2D eigenvalue weighted by atomic mass is 15.2. The maximum absolute atomic E-state index is 5.24. The van der Waals surface area contributed by atoms with Gasteiger partial charge in [-0.2, -0.15) is 0 Å². The van der Waals surface area contributed by atoms with E-state index in [1.807, 2.05) is 0 Å². The van der Waals surface area contributed by atoms with Gasteiger partial charge >= 0.3 is 0 Å². The monoisotopic (exact) mass is 723 g/mol. The van der Waals surface area contributed by atoms with Crippen LogP contribution >= 0.6 is 0 Å². The van der Waals surface area contributed by atoms with E-state index in [4.69, 9.17) is 9.98 Å². The minimum absolute atomic E-state index is 0.405. The Bertz CT molecular complexity index is 1930. The van der Waals surface area contributed by atoms with Gasteiger partial charge in [0.05, 0.1) is 5.69 Å². The van der Waals surface area contributed by atoms with E-state index in [9.17, 15) is 0 Å². The summed E-state index contributed by atoms with van der Waals surface area (Å²) in [7, 11) is 0. The molecule has 0 unspecified atom stereocenters. The zero-order valence-corrected chi connectivity index (χ0v) is 34.7. The molecule has 0 saturated carbocycles. The lowest BCUT2D eigenvalue weighted by molar-refractivity contribution is 0.0208. The van der Waals surface area contributed by atoms with Crippen LogP contribution < -0.4 is 0 Å². The smallest absolute Gasteiger partial charge is 0.0708 e. The Morgan fingerprint density at radius 1 is 0.852 bits per heavy atom. The van der Waals surface area contributed by atoms with E-state index in [0.29, 0.717) is 10.8 Å². The number of aliphatic imine (C=N–C) groups is 1. The molecule has 54 heavy (non-hydrogen) atoms. The second-order valence-corrected chi connectivity index (χ2v) is 17.6. The molecule has 6 rings (SSSR count). The fourth-order valence-electron chi connectivity index (χ4n) is 9.43. The second-order valence-electron chi connectivity index (χ2n) is 17.6. The molecule has 0 radical (unpaired) electrons. The molecule has 2 aliphatic heterocycles. The van der Waals surface area contributed by atoms with Crippen molar-refractivity contribution in [2.24, 2.45) is 15.8 Å². The Hall–Kier alpha value is -3.86. The van der Waals surface area contributed by atoms with E-state index in [1.165, 1.54) is 74.2 Å². The van der Waals surface area contributed by atoms with Crippen molar-refractivity contribution in [2.45, 2.75) is 106 Å². The second kappa shape index (κ2) is 17.3. The topological polar surface area (TPSA) is 31.7 Å². The van der Waals surface area contributed by atoms with Gasteiger partial charge in [-0.25, -0.2) is 0 Å². The summed E-state index contributed by atoms with van der Waals surface area (Å²) >= 11 is 0. The first-order valence-corrected chi connectivity index (χ1v) is 20.7. The molecule has 2 saturated heterocycles. The van der Waals surface area contributed by atoms with Gasteiger partial charge in [-0.3, -0.25) is 19.8 Å². The third-order valence-electron chi connectivity index (χ3n) is 12.3. The lowest BCUT2D eigenvalue weighted by atomic mass is 9.77. The van der Waals surface area contributed by atoms with Crippen molar-refractivity contribution in [1.82, 2.24) is 14.8 Å². The summed E-state index contributed by atoms with van der Waals surface area (Å²) in [5.41, 5.74) is 17.6. The summed E-state index contributed by atoms with van der Waals surface area (Å²) in [4.78, 5) is 15.6. The molecule has 0 atom stereocenters. The Balaban J connectivity index is 1.19. The summed E-state index contributed by atoms with van der Waals surface area (Å²) in [5, 5.41) is 0. The highest BCUT2D eigenvalue weighted by Gasteiger charge is 2.39. The predicted molar refractivity (Wildman–Crippen MR) is 234 cm³/mol. The van der Waals surface area contributed by atoms with Crippen molar-refractivity contribution in [3.63, 3.8) is 0 Å². The Morgan fingerprint density at radius 2 is 1.52 bits per heavy atom. The number of pyridine rings is 1. The van der Waals surface area contributed by atoms with Crippen molar-refractivity contribution in [3.05, 3.63) is 114 Å². The molecule has 0 spiro atoms. The minimum Gasteiger partial charge on any atom is -0.298 e. The molecule has 1 aliphatic carbocycles. The van der Waals surface area contributed by atoms with Crippen molar-refractivity contribution >= 4 is 16.9 Å². The lowest BCUT2D eigenvalue weighted by Gasteiger charge is -2.49. The third kappa shape index (κ3) is 9.15. The van der Waals surface area contributed by atoms with Crippen molar-refractivity contribution in [3.8, 4) is 22.4 Å². The zero-order valence-electron chi connectivity index (χ0n) is 34.7. The molecular weight excluding hydrogens is 657 g/mol. The number of nitrogens with zero attached hydrogens (tertiary/aromatic N) is 4. The molecule has 1 aromatic heterocycles. The molecule has 3 heterocycles. The van der Waals surface area contributed by atoms with Gasteiger partial charge in [-0.15, -0.1) is 13.2 Å². The number of aromatic nitrogens is 1. The number of likely N-dealkylation sites (tertiary alicyclic amines) is 2. The van der Waals surface area contributed by atoms with Gasteiger partial charge in [-0.1, -0.05) is 87.4 Å². The molecular formula is C50H66N4. The van der Waals surface area contributed by atoms with Crippen LogP contribution in [-0.2, 0) is 6.42 Å². The summed E-state index contributed by atoms with van der Waals surface area (Å²) in [6.45, 7) is 30.5. The van der Waals surface area contributed by atoms with E-state index in [-0.39, 0.29) is 0 Å². The lowest BCUT2D eigenvalue weighted by Crippen LogP contribution is -2.55. The SMILES string of the molecule is C=CCCC1(C)CN(C/C(CCC)=N/C=C2\CCCc3c2cccc3-c2cccc(-c3ccc(/C(=C\C)CN4CC(C)(CCC(=C)C)C4)c(C)n3)c2C)C1. The van der Waals surface area contributed by atoms with Gasteiger partial charge in [0, 0.05) is 62.4 Å². The molecule has 3 aliphatic rings. The molecule has 4 heteroatoms. The van der Waals surface area contributed by atoms with Gasteiger partial charge in [-0.05, 0) is 140 Å². The molecule has 3 aromatic rings. The molecule has 286 valence electrons. The van der Waals surface area contributed by atoms with Gasteiger partial charge < -0.3 is 0 Å². The van der Waals surface area contributed by atoms with Crippen molar-refractivity contribution in [1.29, 1.82) is 0 Å². The molecule has 4 nitrogen and oxygen atoms in total. The average molecular weight is 723 g/mol. The van der Waals surface area contributed by atoms with Crippen LogP contribution in [0.2, 0.25) is 0 Å². The number of allylic oxidation sites excluding steroid dienone is 4. The largest absolute Gasteiger partial charge is 0.298 e. The number of hydrogen-bond donors (Lipinski definition) is 0. The van der Waals surface area contributed by atoms with Gasteiger partial charge in [0.1, 0.15) is 0 Å². The van der Waals surface area contributed by atoms with Crippen LogP contribution in [0.15, 0.2) is 90.6 Å². The van der Waals surface area contributed by atoms with Crippen LogP contribution in [0.3, 0.4) is 0 Å². The Morgan fingerprint density at radius 3 is 2.19 bits per heavy atom. The van der Waals surface area contributed by atoms with Crippen LogP contribution in [0.25, 0.3) is 33.5 Å². The predicted octanol–water partition coefficient (Wildman–Crippen LogP) is 12.3. The fourth-order valence-corrected chi connectivity index (χ4v) is 9.43. The molecule has 2 fully saturated rings. The number of hydrogen-bond acceptors (Lipinski definition) is 4. The number of benzene rings is 2. The van der Waals surface area contributed by atoms with E-state index < -0.39 is 0 Å². The van der Waals surface area contributed by atoms with Crippen molar-refractivity contribution in [2.75, 3.05) is 39.3 Å². The van der Waals surface area contributed by atoms with E-state index in [2.05, 4.69) is 138 Å². The summed E-state index contributed by atoms with van der Waals surface area (Å²) < 4.78 is 0. The maximum atomic E-state index is 5.24. The Labute approximate surface area is 327 Å². The normalized spacial score (nSPS) is 19.3. The summed E-state index contributed by atoms with van der Waals surface area (Å²) in [5.74, 6) is 0. The van der Waals surface area contributed by atoms with Crippen LogP contribution in [-0.4, -0.2) is 59.8 Å². The third-order valence-corrected chi connectivity index (χ3v) is 12.3. The van der Waals surface area contributed by atoms with Crippen LogP contribution in [0.1, 0.15) is 114 Å². The molecule has 0 N–H and O–H groups in total. The van der Waals surface area contributed by atoms with Crippen molar-refractivity contribution < 1.29 is 0 Å². The number of fused-ring (bicyclic) bond motifs is 1. The number of rotatable bonds is 16. The average Bonchev–Trinajstić information content (AvgIpc) is 3.13. The maximum Gasteiger partial charge on any atom is 0.0708 e.